The number of carboxylic acids is 1. The predicted molar refractivity (Wildman–Crippen MR) is 106 cm³/mol. The number of aliphatic hydroxyl groups is 1. The Bertz CT molecular complexity index is 998. The number of methoxy groups -OCH3 is 1. The quantitative estimate of drug-likeness (QED) is 0.426. The Morgan fingerprint density at radius 3 is 2.45 bits per heavy atom. The highest BCUT2D eigenvalue weighted by atomic mass is 35.5. The SMILES string of the molecule is COc1cccc(C2/C(=C(/O)c3ccc(Cl)cc3)C(=O)C(=O)N2CCC(=O)O)c1. The van der Waals surface area contributed by atoms with Gasteiger partial charge in [0, 0.05) is 17.1 Å². The van der Waals surface area contributed by atoms with Crippen molar-refractivity contribution >= 4 is 35.0 Å². The highest BCUT2D eigenvalue weighted by Gasteiger charge is 2.46. The number of halogens is 1. The summed E-state index contributed by atoms with van der Waals surface area (Å²) in [6, 6.07) is 11.9. The first kappa shape index (κ1) is 20.4. The molecule has 2 aromatic rings. The van der Waals surface area contributed by atoms with E-state index in [2.05, 4.69) is 0 Å². The topological polar surface area (TPSA) is 104 Å². The van der Waals surface area contributed by atoms with E-state index in [1.165, 1.54) is 19.2 Å². The van der Waals surface area contributed by atoms with Crippen molar-refractivity contribution in [3.8, 4) is 5.75 Å². The number of rotatable bonds is 6. The molecule has 1 heterocycles. The molecule has 0 aromatic heterocycles. The number of hydrogen-bond donors (Lipinski definition) is 2. The van der Waals surface area contributed by atoms with Crippen LogP contribution in [-0.4, -0.2) is 46.4 Å². The number of aliphatic carboxylic acids is 1. The van der Waals surface area contributed by atoms with Crippen LogP contribution < -0.4 is 4.74 Å². The third kappa shape index (κ3) is 4.09. The number of benzene rings is 2. The molecule has 29 heavy (non-hydrogen) atoms. The van der Waals surface area contributed by atoms with Crippen molar-refractivity contribution in [3.63, 3.8) is 0 Å². The number of amides is 1. The molecule has 1 aliphatic rings. The zero-order valence-corrected chi connectivity index (χ0v) is 16.2. The molecule has 0 radical (unpaired) electrons. The minimum atomic E-state index is -1.10. The Kier molecular flexibility index (Phi) is 5.89. The van der Waals surface area contributed by atoms with E-state index in [1.54, 1.807) is 36.4 Å². The lowest BCUT2D eigenvalue weighted by atomic mass is 9.95. The van der Waals surface area contributed by atoms with E-state index >= 15 is 0 Å². The Morgan fingerprint density at radius 1 is 1.14 bits per heavy atom. The number of carbonyl (C=O) groups excluding carboxylic acids is 2. The monoisotopic (exact) mass is 415 g/mol. The van der Waals surface area contributed by atoms with Gasteiger partial charge in [0.1, 0.15) is 11.5 Å². The molecule has 8 heteroatoms. The van der Waals surface area contributed by atoms with E-state index in [0.29, 0.717) is 21.9 Å². The molecule has 150 valence electrons. The summed E-state index contributed by atoms with van der Waals surface area (Å²) in [7, 11) is 1.48. The molecule has 2 N–H and O–H groups in total. The normalized spacial score (nSPS) is 18.1. The van der Waals surface area contributed by atoms with Crippen molar-refractivity contribution < 1.29 is 29.3 Å². The first-order valence-electron chi connectivity index (χ1n) is 8.73. The first-order chi connectivity index (χ1) is 13.8. The molecule has 1 unspecified atom stereocenters. The van der Waals surface area contributed by atoms with Gasteiger partial charge in [0.05, 0.1) is 25.1 Å². The number of Topliss-reactive ketones (excluding diaryl/α,β-unsaturated/α-hetero) is 1. The van der Waals surface area contributed by atoms with Crippen LogP contribution in [0, 0.1) is 0 Å². The summed E-state index contributed by atoms with van der Waals surface area (Å²) in [6.45, 7) is -0.181. The van der Waals surface area contributed by atoms with Gasteiger partial charge in [0.25, 0.3) is 11.7 Å². The predicted octanol–water partition coefficient (Wildman–Crippen LogP) is 3.25. The van der Waals surface area contributed by atoms with Crippen LogP contribution in [0.1, 0.15) is 23.6 Å². The van der Waals surface area contributed by atoms with Crippen LogP contribution in [0.2, 0.25) is 5.02 Å². The first-order valence-corrected chi connectivity index (χ1v) is 9.11. The van der Waals surface area contributed by atoms with Crippen LogP contribution in [0.15, 0.2) is 54.1 Å². The van der Waals surface area contributed by atoms with Crippen molar-refractivity contribution in [1.29, 1.82) is 0 Å². The molecule has 1 amide bonds. The minimum Gasteiger partial charge on any atom is -0.507 e. The van der Waals surface area contributed by atoms with Gasteiger partial charge in [-0.1, -0.05) is 23.7 Å². The lowest BCUT2D eigenvalue weighted by Crippen LogP contribution is -2.31. The average Bonchev–Trinajstić information content (AvgIpc) is 2.97. The summed E-state index contributed by atoms with van der Waals surface area (Å²) < 4.78 is 5.22. The maximum Gasteiger partial charge on any atom is 0.305 e. The van der Waals surface area contributed by atoms with E-state index in [0.717, 1.165) is 4.90 Å². The second-order valence-electron chi connectivity index (χ2n) is 6.42. The standard InChI is InChI=1S/C21H18ClNO6/c1-29-15-4-2-3-13(11-15)18-17(19(26)12-5-7-14(22)8-6-12)20(27)21(28)23(18)10-9-16(24)25/h2-8,11,18,26H,9-10H2,1H3,(H,24,25)/b19-17-. The molecule has 1 fully saturated rings. The van der Waals surface area contributed by atoms with Crippen LogP contribution in [-0.2, 0) is 14.4 Å². The number of nitrogens with zero attached hydrogens (tertiary/aromatic N) is 1. The molecule has 0 saturated carbocycles. The number of carbonyl (C=O) groups is 3. The highest BCUT2D eigenvalue weighted by molar-refractivity contribution is 6.46. The summed E-state index contributed by atoms with van der Waals surface area (Å²) in [5.41, 5.74) is 0.721. The molecule has 3 rings (SSSR count). The van der Waals surface area contributed by atoms with E-state index in [4.69, 9.17) is 21.4 Å². The van der Waals surface area contributed by atoms with Crippen LogP contribution in [0.5, 0.6) is 5.75 Å². The molecule has 1 atom stereocenters. The summed E-state index contributed by atoms with van der Waals surface area (Å²) in [5.74, 6) is -2.71. The van der Waals surface area contributed by atoms with Gasteiger partial charge in [0.15, 0.2) is 0 Å². The average molecular weight is 416 g/mol. The third-order valence-electron chi connectivity index (χ3n) is 4.63. The number of hydrogen-bond acceptors (Lipinski definition) is 5. The van der Waals surface area contributed by atoms with Crippen molar-refractivity contribution in [2.24, 2.45) is 0 Å². The Morgan fingerprint density at radius 2 is 1.83 bits per heavy atom. The second-order valence-corrected chi connectivity index (χ2v) is 6.86. The number of ether oxygens (including phenoxy) is 1. The van der Waals surface area contributed by atoms with Crippen LogP contribution in [0.3, 0.4) is 0 Å². The van der Waals surface area contributed by atoms with Gasteiger partial charge in [-0.15, -0.1) is 0 Å². The van der Waals surface area contributed by atoms with Crippen molar-refractivity contribution in [2.75, 3.05) is 13.7 Å². The van der Waals surface area contributed by atoms with Gasteiger partial charge < -0.3 is 19.8 Å². The van der Waals surface area contributed by atoms with E-state index in [9.17, 15) is 19.5 Å². The van der Waals surface area contributed by atoms with Gasteiger partial charge in [-0.2, -0.15) is 0 Å². The molecule has 0 spiro atoms. The van der Waals surface area contributed by atoms with Crippen molar-refractivity contribution in [2.45, 2.75) is 12.5 Å². The molecule has 1 aliphatic heterocycles. The van der Waals surface area contributed by atoms with E-state index in [-0.39, 0.29) is 24.3 Å². The van der Waals surface area contributed by atoms with Gasteiger partial charge in [-0.3, -0.25) is 14.4 Å². The smallest absolute Gasteiger partial charge is 0.305 e. The summed E-state index contributed by atoms with van der Waals surface area (Å²) in [5, 5.41) is 20.3. The van der Waals surface area contributed by atoms with Crippen molar-refractivity contribution in [1.82, 2.24) is 4.90 Å². The van der Waals surface area contributed by atoms with Crippen LogP contribution >= 0.6 is 11.6 Å². The molecule has 0 bridgehead atoms. The summed E-state index contributed by atoms with van der Waals surface area (Å²) >= 11 is 5.88. The maximum atomic E-state index is 12.8. The lowest BCUT2D eigenvalue weighted by molar-refractivity contribution is -0.142. The summed E-state index contributed by atoms with van der Waals surface area (Å²) in [6.07, 6.45) is -0.339. The van der Waals surface area contributed by atoms with Gasteiger partial charge in [0.2, 0.25) is 0 Å². The lowest BCUT2D eigenvalue weighted by Gasteiger charge is -2.25. The van der Waals surface area contributed by atoms with Gasteiger partial charge >= 0.3 is 5.97 Å². The van der Waals surface area contributed by atoms with Gasteiger partial charge in [-0.25, -0.2) is 0 Å². The molecular formula is C21H18ClNO6. The zero-order chi connectivity index (χ0) is 21.1. The molecule has 7 nitrogen and oxygen atoms in total. The number of likely N-dealkylation sites (tertiary alicyclic amines) is 1. The fraction of sp³-hybridized carbons (Fsp3) is 0.190. The number of ketones is 1. The van der Waals surface area contributed by atoms with Crippen LogP contribution in [0.25, 0.3) is 5.76 Å². The highest BCUT2D eigenvalue weighted by Crippen LogP contribution is 2.40. The molecule has 2 aromatic carbocycles. The molecular weight excluding hydrogens is 398 g/mol. The maximum absolute atomic E-state index is 12.8. The minimum absolute atomic E-state index is 0.115. The fourth-order valence-electron chi connectivity index (χ4n) is 3.25. The Hall–Kier alpha value is -3.32. The largest absolute Gasteiger partial charge is 0.507 e. The Balaban J connectivity index is 2.16. The van der Waals surface area contributed by atoms with Gasteiger partial charge in [-0.05, 0) is 42.0 Å². The number of aliphatic hydroxyl groups excluding tert-OH is 1. The number of carboxylic acid groups (broad SMARTS) is 1. The fourth-order valence-corrected chi connectivity index (χ4v) is 3.37. The van der Waals surface area contributed by atoms with Crippen molar-refractivity contribution in [3.05, 3.63) is 70.3 Å². The van der Waals surface area contributed by atoms with Crippen LogP contribution in [0.4, 0.5) is 0 Å². The third-order valence-corrected chi connectivity index (χ3v) is 4.89. The molecule has 1 saturated heterocycles. The molecule has 0 aliphatic carbocycles. The van der Waals surface area contributed by atoms with E-state index in [1.807, 2.05) is 0 Å². The van der Waals surface area contributed by atoms with E-state index < -0.39 is 23.7 Å². The zero-order valence-electron chi connectivity index (χ0n) is 15.5. The summed E-state index contributed by atoms with van der Waals surface area (Å²) in [4.78, 5) is 37.6. The second kappa shape index (κ2) is 8.36. The Labute approximate surface area is 171 Å².